The van der Waals surface area contributed by atoms with Crippen LogP contribution in [0.25, 0.3) is 11.3 Å². The molecule has 0 bridgehead atoms. The van der Waals surface area contributed by atoms with Gasteiger partial charge in [-0.2, -0.15) is 0 Å². The molecule has 1 saturated heterocycles. The van der Waals surface area contributed by atoms with E-state index < -0.39 is 30.1 Å². The maximum Gasteiger partial charge on any atom is 0.337 e. The fourth-order valence-corrected chi connectivity index (χ4v) is 5.18. The number of carbonyl (C=O) groups excluding carboxylic acids is 3. The second kappa shape index (κ2) is 17.8. The third kappa shape index (κ3) is 9.96. The Kier molecular flexibility index (Phi) is 13.9. The van der Waals surface area contributed by atoms with Crippen molar-refractivity contribution in [2.24, 2.45) is 0 Å². The predicted molar refractivity (Wildman–Crippen MR) is 188 cm³/mol. The van der Waals surface area contributed by atoms with E-state index in [0.717, 1.165) is 43.1 Å². The largest absolute Gasteiger partial charge is 0.479 e. The number of hydrogen-bond donors (Lipinski definition) is 6. The van der Waals surface area contributed by atoms with Crippen molar-refractivity contribution in [1.82, 2.24) is 9.80 Å². The lowest BCUT2D eigenvalue weighted by atomic mass is 9.99. The van der Waals surface area contributed by atoms with E-state index in [1.807, 2.05) is 54.6 Å². The summed E-state index contributed by atoms with van der Waals surface area (Å²) in [7, 11) is 5.21. The smallest absolute Gasteiger partial charge is 0.337 e. The maximum absolute atomic E-state index is 13.2. The molecule has 1 fully saturated rings. The van der Waals surface area contributed by atoms with Crippen molar-refractivity contribution in [2.75, 3.05) is 69.5 Å². The van der Waals surface area contributed by atoms with Gasteiger partial charge >= 0.3 is 17.9 Å². The van der Waals surface area contributed by atoms with Crippen LogP contribution in [-0.4, -0.2) is 132 Å². The van der Waals surface area contributed by atoms with E-state index in [2.05, 4.69) is 27.5 Å². The Labute approximate surface area is 293 Å². The first-order valence-corrected chi connectivity index (χ1v) is 15.5. The Bertz CT molecular complexity index is 1740. The van der Waals surface area contributed by atoms with Crippen LogP contribution in [0.2, 0.25) is 0 Å². The number of methoxy groups -OCH3 is 1. The molecule has 272 valence electrons. The van der Waals surface area contributed by atoms with Crippen LogP contribution < -0.4 is 15.5 Å². The molecule has 0 aliphatic carbocycles. The minimum absolute atomic E-state index is 0. The summed E-state index contributed by atoms with van der Waals surface area (Å²) in [5, 5.41) is 38.8. The van der Waals surface area contributed by atoms with Gasteiger partial charge in [0.15, 0.2) is 12.2 Å². The molecule has 2 amide bonds. The Morgan fingerprint density at radius 3 is 2.02 bits per heavy atom. The second-order valence-corrected chi connectivity index (χ2v) is 11.6. The van der Waals surface area contributed by atoms with Crippen molar-refractivity contribution in [2.45, 2.75) is 12.2 Å². The summed E-state index contributed by atoms with van der Waals surface area (Å²) >= 11 is 0. The van der Waals surface area contributed by atoms with Crippen molar-refractivity contribution in [3.8, 4) is 0 Å². The lowest BCUT2D eigenvalue weighted by molar-refractivity contribution is -0.165. The van der Waals surface area contributed by atoms with E-state index >= 15 is 0 Å². The van der Waals surface area contributed by atoms with Crippen molar-refractivity contribution >= 4 is 58.1 Å². The lowest BCUT2D eigenvalue weighted by Gasteiger charge is -2.32. The zero-order valence-electron chi connectivity index (χ0n) is 28.2. The van der Waals surface area contributed by atoms with Crippen LogP contribution >= 0.6 is 0 Å². The minimum Gasteiger partial charge on any atom is -0.479 e. The number of amides is 2. The van der Waals surface area contributed by atoms with Crippen molar-refractivity contribution in [1.29, 1.82) is 0 Å². The standard InChI is InChI=1S/C31H33N5O4.C4H6O6.H2O/c1-34-15-17-36(18-16-34)20-27(37)35(2)24-12-10-23(11-13-24)32-29(21-7-5-4-6-8-21)28-25-14-9-22(31(39)40-3)19-26(25)33-30(28)38;5-1(3(7)8)2(6)4(9)10;/h4-14,19,32H,15-18,20H2,1-3H3,(H,33,38);1-2,5-6H,(H,7,8)(H,9,10);1H2/b29-28-;;. The van der Waals surface area contributed by atoms with Gasteiger partial charge in [-0.1, -0.05) is 36.4 Å². The van der Waals surface area contributed by atoms with Crippen molar-refractivity contribution < 1.29 is 54.6 Å². The summed E-state index contributed by atoms with van der Waals surface area (Å²) in [5.74, 6) is -4.23. The van der Waals surface area contributed by atoms with Crippen LogP contribution in [0.4, 0.5) is 17.1 Å². The molecule has 2 aliphatic rings. The molecule has 0 spiro atoms. The quantitative estimate of drug-likeness (QED) is 0.126. The highest BCUT2D eigenvalue weighted by molar-refractivity contribution is 6.37. The number of carboxylic acids is 2. The number of hydrogen-bond acceptors (Lipinski definition) is 11. The molecule has 0 saturated carbocycles. The van der Waals surface area contributed by atoms with Gasteiger partial charge in [0.2, 0.25) is 5.91 Å². The van der Waals surface area contributed by atoms with E-state index in [1.54, 1.807) is 30.1 Å². The van der Waals surface area contributed by atoms with E-state index in [9.17, 15) is 24.0 Å². The number of esters is 1. The fourth-order valence-electron chi connectivity index (χ4n) is 5.18. The average molecular weight is 708 g/mol. The lowest BCUT2D eigenvalue weighted by Crippen LogP contribution is -2.48. The molecule has 2 heterocycles. The van der Waals surface area contributed by atoms with Crippen LogP contribution in [-0.2, 0) is 23.9 Å². The number of nitrogens with zero attached hydrogens (tertiary/aromatic N) is 3. The highest BCUT2D eigenvalue weighted by atomic mass is 16.5. The molecule has 2 atom stereocenters. The molecule has 8 N–H and O–H groups in total. The number of carbonyl (C=O) groups is 5. The normalized spacial score (nSPS) is 16.1. The van der Waals surface area contributed by atoms with E-state index in [1.165, 1.54) is 7.11 Å². The fraction of sp³-hybridized carbons (Fsp3) is 0.286. The molecule has 2 unspecified atom stereocenters. The Balaban J connectivity index is 0.000000559. The van der Waals surface area contributed by atoms with Gasteiger partial charge in [0.1, 0.15) is 0 Å². The molecule has 2 aliphatic heterocycles. The predicted octanol–water partition coefficient (Wildman–Crippen LogP) is 0.669. The number of aliphatic carboxylic acids is 2. The number of piperazine rings is 1. The number of rotatable bonds is 10. The first kappa shape index (κ1) is 39.8. The van der Waals surface area contributed by atoms with Crippen LogP contribution in [0.5, 0.6) is 0 Å². The zero-order valence-corrected chi connectivity index (χ0v) is 28.2. The Morgan fingerprint density at radius 2 is 1.47 bits per heavy atom. The summed E-state index contributed by atoms with van der Waals surface area (Å²) in [6.07, 6.45) is -4.53. The van der Waals surface area contributed by atoms with Gasteiger partial charge in [-0.25, -0.2) is 14.4 Å². The second-order valence-electron chi connectivity index (χ2n) is 11.6. The SMILES string of the molecule is COC(=O)c1ccc2c(c1)NC(=O)/C2=C(\Nc1ccc(N(C)C(=O)CN2CCN(C)CC2)cc1)c1ccccc1.O.O=C(O)C(O)C(O)C(=O)O. The van der Waals surface area contributed by atoms with Gasteiger partial charge in [0.25, 0.3) is 5.91 Å². The summed E-state index contributed by atoms with van der Waals surface area (Å²) < 4.78 is 4.82. The molecule has 5 rings (SSSR count). The third-order valence-electron chi connectivity index (χ3n) is 8.16. The number of aliphatic hydroxyl groups excluding tert-OH is 2. The van der Waals surface area contributed by atoms with Crippen LogP contribution in [0.3, 0.4) is 0 Å². The molecular weight excluding hydrogens is 666 g/mol. The van der Waals surface area contributed by atoms with Gasteiger partial charge in [-0.05, 0) is 49.0 Å². The number of fused-ring (bicyclic) bond motifs is 1. The molecule has 16 heteroatoms. The topological polar surface area (TPSA) is 241 Å². The van der Waals surface area contributed by atoms with Crippen LogP contribution in [0.15, 0.2) is 72.8 Å². The molecule has 16 nitrogen and oxygen atoms in total. The van der Waals surface area contributed by atoms with E-state index in [0.29, 0.717) is 34.6 Å². The molecule has 0 radical (unpaired) electrons. The molecule has 3 aromatic rings. The summed E-state index contributed by atoms with van der Waals surface area (Å²) in [5.41, 5.74) is 5.10. The third-order valence-corrected chi connectivity index (χ3v) is 8.16. The first-order valence-electron chi connectivity index (χ1n) is 15.5. The molecular formula is C35H41N5O11. The van der Waals surface area contributed by atoms with Gasteiger partial charge < -0.3 is 51.1 Å². The van der Waals surface area contributed by atoms with Gasteiger partial charge in [-0.3, -0.25) is 14.5 Å². The van der Waals surface area contributed by atoms with Gasteiger partial charge in [0.05, 0.1) is 36.2 Å². The molecule has 0 aromatic heterocycles. The molecule has 3 aromatic carbocycles. The van der Waals surface area contributed by atoms with E-state index in [-0.39, 0.29) is 17.3 Å². The number of ether oxygens (including phenoxy) is 1. The summed E-state index contributed by atoms with van der Waals surface area (Å²) in [6.45, 7) is 4.09. The first-order chi connectivity index (χ1) is 23.8. The van der Waals surface area contributed by atoms with Gasteiger partial charge in [-0.15, -0.1) is 0 Å². The highest BCUT2D eigenvalue weighted by Gasteiger charge is 2.30. The minimum atomic E-state index is -2.27. The van der Waals surface area contributed by atoms with Crippen molar-refractivity contribution in [3.63, 3.8) is 0 Å². The summed E-state index contributed by atoms with van der Waals surface area (Å²) in [6, 6.07) is 22.2. The van der Waals surface area contributed by atoms with Crippen molar-refractivity contribution in [3.05, 3.63) is 89.5 Å². The molecule has 51 heavy (non-hydrogen) atoms. The number of benzene rings is 3. The van der Waals surface area contributed by atoms with Crippen LogP contribution in [0.1, 0.15) is 21.5 Å². The number of aliphatic hydroxyl groups is 2. The number of carboxylic acid groups (broad SMARTS) is 2. The number of likely N-dealkylation sites (N-methyl/N-ethyl adjacent to an activating group) is 2. The Morgan fingerprint density at radius 1 is 0.882 bits per heavy atom. The monoisotopic (exact) mass is 707 g/mol. The highest BCUT2D eigenvalue weighted by Crippen LogP contribution is 2.38. The summed E-state index contributed by atoms with van der Waals surface area (Å²) in [4.78, 5) is 63.8. The van der Waals surface area contributed by atoms with E-state index in [4.69, 9.17) is 25.2 Å². The number of anilines is 3. The average Bonchev–Trinajstić information content (AvgIpc) is 3.45. The van der Waals surface area contributed by atoms with Crippen LogP contribution in [0, 0.1) is 0 Å². The number of nitrogens with one attached hydrogen (secondary N) is 2. The Hall–Kier alpha value is -5.65. The van der Waals surface area contributed by atoms with Gasteiger partial charge in [0, 0.05) is 50.2 Å². The zero-order chi connectivity index (χ0) is 36.5. The maximum atomic E-state index is 13.2.